The summed E-state index contributed by atoms with van der Waals surface area (Å²) in [5.41, 5.74) is 0.778. The zero-order valence-electron chi connectivity index (χ0n) is 10.3. The van der Waals surface area contributed by atoms with Gasteiger partial charge in [0.25, 0.3) is 0 Å². The second-order valence-electron chi connectivity index (χ2n) is 4.74. The summed E-state index contributed by atoms with van der Waals surface area (Å²) in [7, 11) is 0. The van der Waals surface area contributed by atoms with Crippen molar-refractivity contribution in [1.82, 2.24) is 5.32 Å². The van der Waals surface area contributed by atoms with Crippen molar-refractivity contribution in [3.05, 3.63) is 35.6 Å². The van der Waals surface area contributed by atoms with Gasteiger partial charge in [-0.3, -0.25) is 0 Å². The van der Waals surface area contributed by atoms with Crippen LogP contribution in [0.5, 0.6) is 0 Å². The van der Waals surface area contributed by atoms with Crippen molar-refractivity contribution in [1.29, 1.82) is 0 Å². The first kappa shape index (κ1) is 12.5. The van der Waals surface area contributed by atoms with Gasteiger partial charge in [-0.15, -0.1) is 0 Å². The van der Waals surface area contributed by atoms with Gasteiger partial charge in [-0.2, -0.15) is 0 Å². The predicted octanol–water partition coefficient (Wildman–Crippen LogP) is 2.53. The molecular formula is C14H20FNO. The molecule has 1 heterocycles. The molecule has 0 unspecified atom stereocenters. The van der Waals surface area contributed by atoms with Crippen LogP contribution in [-0.4, -0.2) is 25.3 Å². The summed E-state index contributed by atoms with van der Waals surface area (Å²) in [6, 6.07) is 7.24. The SMILES string of the molecule is C[C@@H](Cc1ccccc1F)NC[C@@H]1CCCO1. The molecule has 1 aromatic rings. The van der Waals surface area contributed by atoms with Gasteiger partial charge in [0.1, 0.15) is 5.82 Å². The summed E-state index contributed by atoms with van der Waals surface area (Å²) in [6.45, 7) is 3.84. The lowest BCUT2D eigenvalue weighted by atomic mass is 10.1. The quantitative estimate of drug-likeness (QED) is 0.849. The third-order valence-corrected chi connectivity index (χ3v) is 3.20. The highest BCUT2D eigenvalue weighted by atomic mass is 19.1. The Kier molecular flexibility index (Phi) is 4.51. The van der Waals surface area contributed by atoms with E-state index in [0.29, 0.717) is 6.10 Å². The van der Waals surface area contributed by atoms with E-state index >= 15 is 0 Å². The van der Waals surface area contributed by atoms with Crippen LogP contribution in [0, 0.1) is 5.82 Å². The van der Waals surface area contributed by atoms with E-state index < -0.39 is 0 Å². The summed E-state index contributed by atoms with van der Waals surface area (Å²) >= 11 is 0. The number of rotatable bonds is 5. The van der Waals surface area contributed by atoms with Gasteiger partial charge < -0.3 is 10.1 Å². The Morgan fingerprint density at radius 3 is 3.00 bits per heavy atom. The maximum Gasteiger partial charge on any atom is 0.126 e. The minimum absolute atomic E-state index is 0.113. The molecule has 2 nitrogen and oxygen atoms in total. The molecule has 0 amide bonds. The molecule has 1 saturated heterocycles. The highest BCUT2D eigenvalue weighted by Gasteiger charge is 2.16. The van der Waals surface area contributed by atoms with Crippen LogP contribution >= 0.6 is 0 Å². The van der Waals surface area contributed by atoms with Gasteiger partial charge in [-0.05, 0) is 37.8 Å². The van der Waals surface area contributed by atoms with Crippen LogP contribution in [0.15, 0.2) is 24.3 Å². The summed E-state index contributed by atoms with van der Waals surface area (Å²) in [5.74, 6) is -0.113. The molecule has 2 atom stereocenters. The van der Waals surface area contributed by atoms with E-state index in [4.69, 9.17) is 4.74 Å². The van der Waals surface area contributed by atoms with E-state index in [1.54, 1.807) is 6.07 Å². The van der Waals surface area contributed by atoms with Gasteiger partial charge in [-0.25, -0.2) is 4.39 Å². The molecule has 2 rings (SSSR count). The van der Waals surface area contributed by atoms with E-state index in [0.717, 1.165) is 38.0 Å². The zero-order chi connectivity index (χ0) is 12.1. The van der Waals surface area contributed by atoms with E-state index in [1.807, 2.05) is 12.1 Å². The highest BCUT2D eigenvalue weighted by molar-refractivity contribution is 5.18. The van der Waals surface area contributed by atoms with Gasteiger partial charge in [0, 0.05) is 19.2 Å². The van der Waals surface area contributed by atoms with Crippen LogP contribution in [0.3, 0.4) is 0 Å². The monoisotopic (exact) mass is 237 g/mol. The van der Waals surface area contributed by atoms with E-state index in [2.05, 4.69) is 12.2 Å². The Bertz CT molecular complexity index is 350. The fraction of sp³-hybridized carbons (Fsp3) is 0.571. The molecule has 3 heteroatoms. The molecule has 0 bridgehead atoms. The molecule has 0 aliphatic carbocycles. The first-order valence-electron chi connectivity index (χ1n) is 6.34. The minimum atomic E-state index is -0.113. The average molecular weight is 237 g/mol. The number of benzene rings is 1. The van der Waals surface area contributed by atoms with Crippen LogP contribution in [0.2, 0.25) is 0 Å². The smallest absolute Gasteiger partial charge is 0.126 e. The standard InChI is InChI=1S/C14H20FNO/c1-11(16-10-13-6-4-8-17-13)9-12-5-2-3-7-14(12)15/h2-3,5,7,11,13,16H,4,6,8-10H2,1H3/t11-,13-/m0/s1. The number of hydrogen-bond donors (Lipinski definition) is 1. The summed E-state index contributed by atoms with van der Waals surface area (Å²) in [5, 5.41) is 3.41. The predicted molar refractivity (Wildman–Crippen MR) is 66.5 cm³/mol. The lowest BCUT2D eigenvalue weighted by molar-refractivity contribution is 0.108. The maximum atomic E-state index is 13.4. The zero-order valence-corrected chi connectivity index (χ0v) is 10.3. The number of ether oxygens (including phenoxy) is 1. The number of nitrogens with one attached hydrogen (secondary N) is 1. The molecule has 0 radical (unpaired) electrons. The van der Waals surface area contributed by atoms with Gasteiger partial charge in [-0.1, -0.05) is 18.2 Å². The Labute approximate surface area is 102 Å². The molecule has 1 aromatic carbocycles. The average Bonchev–Trinajstić information content (AvgIpc) is 2.82. The first-order valence-corrected chi connectivity index (χ1v) is 6.34. The second-order valence-corrected chi connectivity index (χ2v) is 4.74. The molecule has 1 fully saturated rings. The van der Waals surface area contributed by atoms with Crippen LogP contribution in [0.25, 0.3) is 0 Å². The third kappa shape index (κ3) is 3.79. The van der Waals surface area contributed by atoms with Crippen molar-refractivity contribution in [2.75, 3.05) is 13.2 Å². The molecule has 17 heavy (non-hydrogen) atoms. The summed E-state index contributed by atoms with van der Waals surface area (Å²) in [4.78, 5) is 0. The van der Waals surface area contributed by atoms with Crippen LogP contribution < -0.4 is 5.32 Å². The number of hydrogen-bond acceptors (Lipinski definition) is 2. The van der Waals surface area contributed by atoms with Crippen molar-refractivity contribution in [3.63, 3.8) is 0 Å². The minimum Gasteiger partial charge on any atom is -0.377 e. The maximum absolute atomic E-state index is 13.4. The molecule has 1 aliphatic rings. The fourth-order valence-corrected chi connectivity index (χ4v) is 2.20. The molecule has 0 aromatic heterocycles. The van der Waals surface area contributed by atoms with Crippen molar-refractivity contribution in [2.24, 2.45) is 0 Å². The third-order valence-electron chi connectivity index (χ3n) is 3.20. The number of halogens is 1. The van der Waals surface area contributed by atoms with E-state index in [9.17, 15) is 4.39 Å². The van der Waals surface area contributed by atoms with E-state index in [1.165, 1.54) is 6.07 Å². The first-order chi connectivity index (χ1) is 8.25. The van der Waals surface area contributed by atoms with Gasteiger partial charge >= 0.3 is 0 Å². The highest BCUT2D eigenvalue weighted by Crippen LogP contribution is 2.12. The fourth-order valence-electron chi connectivity index (χ4n) is 2.20. The Morgan fingerprint density at radius 1 is 1.47 bits per heavy atom. The van der Waals surface area contributed by atoms with Gasteiger partial charge in [0.15, 0.2) is 0 Å². The molecule has 0 saturated carbocycles. The lowest BCUT2D eigenvalue weighted by Crippen LogP contribution is -2.34. The van der Waals surface area contributed by atoms with Crippen LogP contribution in [-0.2, 0) is 11.2 Å². The van der Waals surface area contributed by atoms with Gasteiger partial charge in [0.2, 0.25) is 0 Å². The topological polar surface area (TPSA) is 21.3 Å². The normalized spacial score (nSPS) is 21.6. The Morgan fingerprint density at radius 2 is 2.29 bits per heavy atom. The molecule has 0 spiro atoms. The van der Waals surface area contributed by atoms with Crippen molar-refractivity contribution < 1.29 is 9.13 Å². The van der Waals surface area contributed by atoms with Crippen LogP contribution in [0.4, 0.5) is 4.39 Å². The lowest BCUT2D eigenvalue weighted by Gasteiger charge is -2.17. The van der Waals surface area contributed by atoms with Crippen molar-refractivity contribution in [2.45, 2.75) is 38.3 Å². The summed E-state index contributed by atoms with van der Waals surface area (Å²) in [6.07, 6.45) is 3.37. The van der Waals surface area contributed by atoms with Gasteiger partial charge in [0.05, 0.1) is 6.10 Å². The van der Waals surface area contributed by atoms with Crippen LogP contribution in [0.1, 0.15) is 25.3 Å². The van der Waals surface area contributed by atoms with Crippen molar-refractivity contribution >= 4 is 0 Å². The Hall–Kier alpha value is -0.930. The Balaban J connectivity index is 1.76. The molecular weight excluding hydrogens is 217 g/mol. The van der Waals surface area contributed by atoms with E-state index in [-0.39, 0.29) is 11.9 Å². The summed E-state index contributed by atoms with van der Waals surface area (Å²) < 4.78 is 19.0. The van der Waals surface area contributed by atoms with Crippen molar-refractivity contribution in [3.8, 4) is 0 Å². The molecule has 94 valence electrons. The molecule has 1 aliphatic heterocycles. The second kappa shape index (κ2) is 6.12. The molecule has 1 N–H and O–H groups in total. The largest absolute Gasteiger partial charge is 0.377 e.